The summed E-state index contributed by atoms with van der Waals surface area (Å²) in [6.07, 6.45) is 2.55. The van der Waals surface area contributed by atoms with Crippen molar-refractivity contribution in [1.29, 1.82) is 0 Å². The van der Waals surface area contributed by atoms with Gasteiger partial charge in [0.15, 0.2) is 0 Å². The van der Waals surface area contributed by atoms with Gasteiger partial charge < -0.3 is 9.88 Å². The Bertz CT molecular complexity index is 562. The smallest absolute Gasteiger partial charge is 0.0456 e. The maximum absolute atomic E-state index is 8.50. The van der Waals surface area contributed by atoms with Crippen LogP contribution in [0.25, 0.3) is 10.9 Å². The molecule has 2 heteroatoms. The third-order valence-electron chi connectivity index (χ3n) is 3.43. The van der Waals surface area contributed by atoms with Crippen LogP contribution in [-0.2, 0) is 6.37 Å². The van der Waals surface area contributed by atoms with Crippen molar-refractivity contribution in [2.75, 3.05) is 13.6 Å². The Morgan fingerprint density at radius 2 is 2.38 bits per heavy atom. The SMILES string of the molecule is [2H]C([2H])(c1c[nH]c2ccccc12)[C@@H]1CCCN1C. The monoisotopic (exact) mass is 216 g/mol. The van der Waals surface area contributed by atoms with Gasteiger partial charge in [-0.3, -0.25) is 0 Å². The van der Waals surface area contributed by atoms with E-state index in [1.165, 1.54) is 0 Å². The van der Waals surface area contributed by atoms with Crippen LogP contribution in [0.4, 0.5) is 0 Å². The summed E-state index contributed by atoms with van der Waals surface area (Å²) in [4.78, 5) is 5.31. The minimum absolute atomic E-state index is 0.0169. The molecule has 2 nitrogen and oxygen atoms in total. The lowest BCUT2D eigenvalue weighted by Crippen LogP contribution is -2.26. The summed E-state index contributed by atoms with van der Waals surface area (Å²) in [5, 5.41) is 1.00. The zero-order chi connectivity index (χ0) is 12.8. The Morgan fingerprint density at radius 1 is 1.50 bits per heavy atom. The number of fused-ring (bicyclic) bond motifs is 1. The fourth-order valence-electron chi connectivity index (χ4n) is 2.46. The molecule has 1 N–H and O–H groups in total. The number of benzene rings is 1. The average molecular weight is 216 g/mol. The number of rotatable bonds is 2. The van der Waals surface area contributed by atoms with Gasteiger partial charge in [-0.1, -0.05) is 18.2 Å². The lowest BCUT2D eigenvalue weighted by Gasteiger charge is -2.18. The molecule has 0 saturated carbocycles. The summed E-state index contributed by atoms with van der Waals surface area (Å²) >= 11 is 0. The van der Waals surface area contributed by atoms with E-state index in [-0.39, 0.29) is 6.04 Å². The van der Waals surface area contributed by atoms with Crippen LogP contribution in [0.5, 0.6) is 0 Å². The standard InChI is InChI=1S/C14H18N2/c1-16-8-4-5-12(16)9-11-10-15-14-7-3-2-6-13(11)14/h2-3,6-7,10,12,15H,4-5,8-9H2,1H3/t12-/m0/s1/i9D2. The molecule has 0 bridgehead atoms. The van der Waals surface area contributed by atoms with E-state index in [9.17, 15) is 0 Å². The van der Waals surface area contributed by atoms with Gasteiger partial charge in [-0.05, 0) is 44.4 Å². The molecule has 0 aliphatic carbocycles. The maximum Gasteiger partial charge on any atom is 0.0456 e. The molecule has 1 aromatic carbocycles. The molecule has 2 heterocycles. The Morgan fingerprint density at radius 3 is 3.19 bits per heavy atom. The first kappa shape index (κ1) is 7.91. The summed E-state index contributed by atoms with van der Waals surface area (Å²) in [6, 6.07) is 7.91. The first-order chi connectivity index (χ1) is 8.60. The van der Waals surface area contributed by atoms with Crippen molar-refractivity contribution >= 4 is 10.9 Å². The highest BCUT2D eigenvalue weighted by Gasteiger charge is 2.21. The van der Waals surface area contributed by atoms with Crippen molar-refractivity contribution in [3.05, 3.63) is 36.0 Å². The molecule has 16 heavy (non-hydrogen) atoms. The second-order valence-electron chi connectivity index (χ2n) is 4.53. The molecule has 0 amide bonds. The van der Waals surface area contributed by atoms with Gasteiger partial charge in [-0.15, -0.1) is 0 Å². The Hall–Kier alpha value is -1.28. The molecule has 1 aliphatic heterocycles. The summed E-state index contributed by atoms with van der Waals surface area (Å²) in [7, 11) is 2.02. The van der Waals surface area contributed by atoms with Crippen molar-refractivity contribution in [2.45, 2.75) is 25.3 Å². The molecular formula is C14H18N2. The van der Waals surface area contributed by atoms with Gasteiger partial charge in [-0.25, -0.2) is 0 Å². The highest BCUT2D eigenvalue weighted by molar-refractivity contribution is 5.83. The summed E-state index contributed by atoms with van der Waals surface area (Å²) in [5.41, 5.74) is 1.80. The van der Waals surface area contributed by atoms with E-state index in [4.69, 9.17) is 2.74 Å². The number of aromatic nitrogens is 1. The maximum atomic E-state index is 8.50. The largest absolute Gasteiger partial charge is 0.361 e. The van der Waals surface area contributed by atoms with Crippen molar-refractivity contribution in [2.24, 2.45) is 0 Å². The average Bonchev–Trinajstić information content (AvgIpc) is 2.95. The van der Waals surface area contributed by atoms with Gasteiger partial charge in [0.05, 0.1) is 0 Å². The van der Waals surface area contributed by atoms with E-state index in [0.29, 0.717) is 0 Å². The number of nitrogens with one attached hydrogen (secondary N) is 1. The zero-order valence-electron chi connectivity index (χ0n) is 11.5. The molecule has 84 valence electrons. The summed E-state index contributed by atoms with van der Waals surface area (Å²) < 4.78 is 17.0. The van der Waals surface area contributed by atoms with E-state index >= 15 is 0 Å². The zero-order valence-corrected chi connectivity index (χ0v) is 9.53. The molecule has 1 saturated heterocycles. The number of nitrogens with zero attached hydrogens (tertiary/aromatic N) is 1. The van der Waals surface area contributed by atoms with E-state index in [1.807, 2.05) is 37.5 Å². The molecule has 1 aromatic heterocycles. The van der Waals surface area contributed by atoms with Crippen molar-refractivity contribution in [3.63, 3.8) is 0 Å². The van der Waals surface area contributed by atoms with Gasteiger partial charge in [0.25, 0.3) is 0 Å². The van der Waals surface area contributed by atoms with Crippen LogP contribution in [0.15, 0.2) is 30.5 Å². The molecule has 0 unspecified atom stereocenters. The minimum Gasteiger partial charge on any atom is -0.361 e. The second-order valence-corrected chi connectivity index (χ2v) is 4.53. The topological polar surface area (TPSA) is 19.0 Å². The van der Waals surface area contributed by atoms with Crippen molar-refractivity contribution in [3.8, 4) is 0 Å². The van der Waals surface area contributed by atoms with Crippen molar-refractivity contribution < 1.29 is 2.74 Å². The van der Waals surface area contributed by atoms with Gasteiger partial charge >= 0.3 is 0 Å². The van der Waals surface area contributed by atoms with E-state index in [1.54, 1.807) is 0 Å². The number of hydrogen-bond acceptors (Lipinski definition) is 1. The van der Waals surface area contributed by atoms with E-state index in [2.05, 4.69) is 9.88 Å². The molecular weight excluding hydrogens is 196 g/mol. The lowest BCUT2D eigenvalue weighted by molar-refractivity contribution is 0.310. The van der Waals surface area contributed by atoms with E-state index < -0.39 is 6.37 Å². The summed E-state index contributed by atoms with van der Waals surface area (Å²) in [6.45, 7) is 0.993. The Labute approximate surface area is 99.1 Å². The number of aromatic amines is 1. The van der Waals surface area contributed by atoms with Crippen LogP contribution in [0.2, 0.25) is 0 Å². The predicted octanol–water partition coefficient (Wildman–Crippen LogP) is 2.80. The number of para-hydroxylation sites is 1. The first-order valence-electron chi connectivity index (χ1n) is 6.87. The number of H-pyrrole nitrogens is 1. The van der Waals surface area contributed by atoms with Crippen LogP contribution in [0, 0.1) is 0 Å². The van der Waals surface area contributed by atoms with E-state index in [0.717, 1.165) is 35.9 Å². The van der Waals surface area contributed by atoms with Crippen molar-refractivity contribution in [1.82, 2.24) is 9.88 Å². The van der Waals surface area contributed by atoms with Crippen LogP contribution < -0.4 is 0 Å². The fraction of sp³-hybridized carbons (Fsp3) is 0.429. The molecule has 1 fully saturated rings. The first-order valence-corrected chi connectivity index (χ1v) is 5.87. The van der Waals surface area contributed by atoms with Gasteiger partial charge in [0.2, 0.25) is 0 Å². The Kier molecular flexibility index (Phi) is 1.95. The normalized spacial score (nSPS) is 24.7. The molecule has 1 aliphatic rings. The predicted molar refractivity (Wildman–Crippen MR) is 67.7 cm³/mol. The van der Waals surface area contributed by atoms with Gasteiger partial charge in [0, 0.05) is 25.9 Å². The molecule has 2 aromatic rings. The molecule has 0 spiro atoms. The number of likely N-dealkylation sites (tertiary alicyclic amines) is 1. The highest BCUT2D eigenvalue weighted by atomic mass is 15.1. The van der Waals surface area contributed by atoms with Crippen LogP contribution >= 0.6 is 0 Å². The fourth-order valence-corrected chi connectivity index (χ4v) is 2.46. The molecule has 3 rings (SSSR count). The van der Waals surface area contributed by atoms with Crippen LogP contribution in [0.1, 0.15) is 21.1 Å². The molecule has 0 radical (unpaired) electrons. The van der Waals surface area contributed by atoms with Crippen LogP contribution in [-0.4, -0.2) is 29.5 Å². The second kappa shape index (κ2) is 3.95. The van der Waals surface area contributed by atoms with Gasteiger partial charge in [-0.2, -0.15) is 0 Å². The lowest BCUT2D eigenvalue weighted by atomic mass is 10.0. The minimum atomic E-state index is -1.30. The number of likely N-dealkylation sites (N-methyl/N-ethyl adjacent to an activating group) is 1. The third-order valence-corrected chi connectivity index (χ3v) is 3.43. The third kappa shape index (κ3) is 1.63. The van der Waals surface area contributed by atoms with Gasteiger partial charge in [0.1, 0.15) is 0 Å². The number of hydrogen-bond donors (Lipinski definition) is 1. The highest BCUT2D eigenvalue weighted by Crippen LogP contribution is 2.24. The molecule has 1 atom stereocenters. The van der Waals surface area contributed by atoms with Crippen LogP contribution in [0.3, 0.4) is 0 Å². The quantitative estimate of drug-likeness (QED) is 0.818. The Balaban J connectivity index is 2.07. The summed E-state index contributed by atoms with van der Waals surface area (Å²) in [5.74, 6) is 0.